The molecule has 0 bridgehead atoms. The highest BCUT2D eigenvalue weighted by Gasteiger charge is 2.24. The minimum absolute atomic E-state index is 0.248. The zero-order valence-electron chi connectivity index (χ0n) is 14.5. The van der Waals surface area contributed by atoms with Crippen LogP contribution < -0.4 is 0 Å². The summed E-state index contributed by atoms with van der Waals surface area (Å²) < 4.78 is 6.75. The van der Waals surface area contributed by atoms with E-state index in [1.807, 2.05) is 29.9 Å². The van der Waals surface area contributed by atoms with Crippen molar-refractivity contribution in [1.82, 2.24) is 14.8 Å². The Labute approximate surface area is 150 Å². The third kappa shape index (κ3) is 3.37. The topological polar surface area (TPSA) is 57.0 Å². The van der Waals surface area contributed by atoms with Crippen molar-refractivity contribution < 1.29 is 9.53 Å². The number of ether oxygens (including phenoxy) is 1. The molecule has 1 aliphatic carbocycles. The van der Waals surface area contributed by atoms with Crippen LogP contribution in [0.3, 0.4) is 0 Å². The average molecular weight is 366 g/mol. The first-order chi connectivity index (χ1) is 11.5. The molecule has 0 radical (unpaired) electrons. The fraction of sp³-hybridized carbons (Fsp3) is 0.588. The number of methoxy groups -OCH3 is 1. The quantitative estimate of drug-likeness (QED) is 0.597. The summed E-state index contributed by atoms with van der Waals surface area (Å²) in [5, 5.41) is 9.06. The highest BCUT2D eigenvalue weighted by molar-refractivity contribution is 8.00. The van der Waals surface area contributed by atoms with Crippen molar-refractivity contribution in [3.63, 3.8) is 0 Å². The van der Waals surface area contributed by atoms with Gasteiger partial charge in [-0.25, -0.2) is 0 Å². The van der Waals surface area contributed by atoms with Gasteiger partial charge in [0.15, 0.2) is 11.0 Å². The fourth-order valence-electron chi connectivity index (χ4n) is 3.06. The second-order valence-electron chi connectivity index (χ2n) is 6.22. The predicted molar refractivity (Wildman–Crippen MR) is 97.5 cm³/mol. The van der Waals surface area contributed by atoms with Crippen molar-refractivity contribution in [3.05, 3.63) is 16.5 Å². The number of nitrogens with zero attached hydrogens (tertiary/aromatic N) is 3. The Kier molecular flexibility index (Phi) is 5.30. The van der Waals surface area contributed by atoms with Crippen LogP contribution in [0.5, 0.6) is 0 Å². The number of carbonyl (C=O) groups is 1. The Hall–Kier alpha value is -1.34. The number of fused-ring (bicyclic) bond motifs is 1. The van der Waals surface area contributed by atoms with Crippen LogP contribution in [-0.2, 0) is 29.4 Å². The van der Waals surface area contributed by atoms with E-state index in [0.29, 0.717) is 0 Å². The van der Waals surface area contributed by atoms with Crippen molar-refractivity contribution in [2.24, 2.45) is 13.0 Å². The van der Waals surface area contributed by atoms with Crippen LogP contribution in [0.15, 0.2) is 11.2 Å². The molecule has 0 saturated heterocycles. The molecule has 0 aliphatic heterocycles. The van der Waals surface area contributed by atoms with Crippen LogP contribution in [0.4, 0.5) is 0 Å². The molecule has 0 fully saturated rings. The third-order valence-corrected chi connectivity index (χ3v) is 6.98. The molecule has 0 amide bonds. The van der Waals surface area contributed by atoms with Gasteiger partial charge < -0.3 is 9.30 Å². The molecule has 130 valence electrons. The van der Waals surface area contributed by atoms with Gasteiger partial charge in [0.1, 0.15) is 5.25 Å². The summed E-state index contributed by atoms with van der Waals surface area (Å²) in [7, 11) is 3.36. The van der Waals surface area contributed by atoms with Gasteiger partial charge >= 0.3 is 5.97 Å². The smallest absolute Gasteiger partial charge is 0.318 e. The maximum atomic E-state index is 11.6. The molecule has 2 aromatic heterocycles. The van der Waals surface area contributed by atoms with Crippen LogP contribution in [0.25, 0.3) is 10.7 Å². The van der Waals surface area contributed by atoms with E-state index in [1.165, 1.54) is 59.9 Å². The summed E-state index contributed by atoms with van der Waals surface area (Å²) in [6.07, 6.45) is 4.90. The van der Waals surface area contributed by atoms with Gasteiger partial charge in [0.05, 0.1) is 12.0 Å². The Morgan fingerprint density at radius 2 is 2.33 bits per heavy atom. The number of rotatable bonds is 5. The molecule has 5 nitrogen and oxygen atoms in total. The maximum absolute atomic E-state index is 11.6. The Morgan fingerprint density at radius 3 is 3.04 bits per heavy atom. The molecule has 3 rings (SSSR count). The van der Waals surface area contributed by atoms with Crippen LogP contribution in [0.2, 0.25) is 0 Å². The van der Waals surface area contributed by atoms with E-state index in [2.05, 4.69) is 23.2 Å². The summed E-state index contributed by atoms with van der Waals surface area (Å²) in [6, 6.07) is 2.28. The second kappa shape index (κ2) is 7.27. The first-order valence-corrected chi connectivity index (χ1v) is 9.98. The monoisotopic (exact) mass is 365 g/mol. The van der Waals surface area contributed by atoms with E-state index in [0.717, 1.165) is 16.9 Å². The SMILES string of the molecule is CC[C@H]1CCc2sc(-c3nnc(S[C@H](C)C(=O)OC)n3C)cc2C1. The van der Waals surface area contributed by atoms with E-state index in [9.17, 15) is 4.79 Å². The molecule has 1 aliphatic rings. The molecule has 7 heteroatoms. The van der Waals surface area contributed by atoms with Crippen molar-refractivity contribution >= 4 is 29.1 Å². The second-order valence-corrected chi connectivity index (χ2v) is 8.67. The lowest BCUT2D eigenvalue weighted by Gasteiger charge is -2.19. The standard InChI is InChI=1S/C17H23N3O2S2/c1-5-11-6-7-13-12(8-11)9-14(24-13)15-18-19-17(20(15)3)23-10(2)16(21)22-4/h9-11H,5-8H2,1-4H3/t10-,11+/m1/s1. The van der Waals surface area contributed by atoms with Gasteiger partial charge in [-0.3, -0.25) is 4.79 Å². The number of thiophene rings is 1. The largest absolute Gasteiger partial charge is 0.468 e. The van der Waals surface area contributed by atoms with Crippen molar-refractivity contribution in [1.29, 1.82) is 0 Å². The summed E-state index contributed by atoms with van der Waals surface area (Å²) in [5.74, 6) is 1.44. The molecule has 0 N–H and O–H groups in total. The molecular formula is C17H23N3O2S2. The molecule has 24 heavy (non-hydrogen) atoms. The third-order valence-electron chi connectivity index (χ3n) is 4.63. The number of carbonyl (C=O) groups excluding carboxylic acids is 1. The number of esters is 1. The Bertz CT molecular complexity index is 738. The number of hydrogen-bond donors (Lipinski definition) is 0. The van der Waals surface area contributed by atoms with Crippen molar-refractivity contribution in [2.45, 2.75) is 49.9 Å². The fourth-order valence-corrected chi connectivity index (χ4v) is 5.13. The molecule has 0 saturated carbocycles. The van der Waals surface area contributed by atoms with E-state index in [-0.39, 0.29) is 11.2 Å². The van der Waals surface area contributed by atoms with Gasteiger partial charge in [-0.2, -0.15) is 0 Å². The highest BCUT2D eigenvalue weighted by atomic mass is 32.2. The lowest BCUT2D eigenvalue weighted by molar-refractivity contribution is -0.139. The van der Waals surface area contributed by atoms with Crippen LogP contribution in [0.1, 0.15) is 37.1 Å². The van der Waals surface area contributed by atoms with E-state index in [4.69, 9.17) is 4.74 Å². The zero-order valence-corrected chi connectivity index (χ0v) is 16.2. The Balaban J connectivity index is 1.82. The number of aryl methyl sites for hydroxylation is 1. The van der Waals surface area contributed by atoms with Gasteiger partial charge in [0.2, 0.25) is 0 Å². The highest BCUT2D eigenvalue weighted by Crippen LogP contribution is 2.38. The molecule has 2 heterocycles. The predicted octanol–water partition coefficient (Wildman–Crippen LogP) is 3.71. The van der Waals surface area contributed by atoms with Gasteiger partial charge in [0, 0.05) is 11.9 Å². The van der Waals surface area contributed by atoms with E-state index in [1.54, 1.807) is 0 Å². The molecule has 0 unspecified atom stereocenters. The summed E-state index contributed by atoms with van der Waals surface area (Å²) in [6.45, 7) is 4.09. The van der Waals surface area contributed by atoms with Gasteiger partial charge in [-0.1, -0.05) is 25.1 Å². The van der Waals surface area contributed by atoms with Crippen molar-refractivity contribution in [3.8, 4) is 10.7 Å². The number of thioether (sulfide) groups is 1. The minimum Gasteiger partial charge on any atom is -0.468 e. The van der Waals surface area contributed by atoms with Crippen LogP contribution >= 0.6 is 23.1 Å². The summed E-state index contributed by atoms with van der Waals surface area (Å²) in [4.78, 5) is 14.3. The van der Waals surface area contributed by atoms with Gasteiger partial charge in [-0.05, 0) is 43.7 Å². The van der Waals surface area contributed by atoms with E-state index >= 15 is 0 Å². The van der Waals surface area contributed by atoms with E-state index < -0.39 is 0 Å². The Morgan fingerprint density at radius 1 is 1.54 bits per heavy atom. The molecule has 0 spiro atoms. The zero-order chi connectivity index (χ0) is 17.3. The normalized spacial score (nSPS) is 18.2. The molecule has 2 atom stereocenters. The first-order valence-electron chi connectivity index (χ1n) is 8.29. The van der Waals surface area contributed by atoms with Crippen LogP contribution in [-0.4, -0.2) is 33.1 Å². The van der Waals surface area contributed by atoms with Crippen molar-refractivity contribution in [2.75, 3.05) is 7.11 Å². The number of hydrogen-bond acceptors (Lipinski definition) is 6. The van der Waals surface area contributed by atoms with Gasteiger partial charge in [0.25, 0.3) is 0 Å². The molecule has 0 aromatic carbocycles. The maximum Gasteiger partial charge on any atom is 0.318 e. The van der Waals surface area contributed by atoms with Gasteiger partial charge in [-0.15, -0.1) is 21.5 Å². The lowest BCUT2D eigenvalue weighted by Crippen LogP contribution is -2.15. The average Bonchev–Trinajstić information content (AvgIpc) is 3.16. The minimum atomic E-state index is -0.299. The summed E-state index contributed by atoms with van der Waals surface area (Å²) >= 11 is 3.21. The summed E-state index contributed by atoms with van der Waals surface area (Å²) in [5.41, 5.74) is 1.48. The lowest BCUT2D eigenvalue weighted by atomic mass is 9.87. The van der Waals surface area contributed by atoms with Crippen LogP contribution in [0, 0.1) is 5.92 Å². The molecular weight excluding hydrogens is 342 g/mol. The molecule has 2 aromatic rings. The first kappa shape index (κ1) is 17.5. The number of aromatic nitrogens is 3.